The first-order valence-corrected chi connectivity index (χ1v) is 8.60. The highest BCUT2D eigenvalue weighted by Crippen LogP contribution is 2.32. The van der Waals surface area contributed by atoms with Crippen LogP contribution in [0.25, 0.3) is 16.9 Å². The van der Waals surface area contributed by atoms with Gasteiger partial charge in [-0.2, -0.15) is 4.98 Å². The number of ether oxygens (including phenoxy) is 3. The van der Waals surface area contributed by atoms with Gasteiger partial charge < -0.3 is 14.2 Å². The Labute approximate surface area is 153 Å². The van der Waals surface area contributed by atoms with Crippen molar-refractivity contribution in [2.75, 3.05) is 7.11 Å². The van der Waals surface area contributed by atoms with Crippen LogP contribution in [0.5, 0.6) is 11.8 Å². The molecule has 0 unspecified atom stereocenters. The lowest BCUT2D eigenvalue weighted by Gasteiger charge is -2.08. The van der Waals surface area contributed by atoms with Gasteiger partial charge in [-0.05, 0) is 37.1 Å². The molecule has 0 bridgehead atoms. The van der Waals surface area contributed by atoms with Crippen molar-refractivity contribution >= 4 is 17.6 Å². The molecule has 0 N–H and O–H groups in total. The number of hydrogen-bond acceptors (Lipinski definition) is 7. The van der Waals surface area contributed by atoms with Crippen LogP contribution in [0.1, 0.15) is 28.8 Å². The van der Waals surface area contributed by atoms with E-state index in [9.17, 15) is 9.59 Å². The highest BCUT2D eigenvalue weighted by molar-refractivity contribution is 5.94. The number of fused-ring (bicyclic) bond motifs is 2. The van der Waals surface area contributed by atoms with E-state index in [2.05, 4.69) is 10.1 Å². The summed E-state index contributed by atoms with van der Waals surface area (Å²) in [6.45, 7) is 0.253. The summed E-state index contributed by atoms with van der Waals surface area (Å²) < 4.78 is 17.3. The van der Waals surface area contributed by atoms with Gasteiger partial charge in [0.25, 0.3) is 0 Å². The predicted octanol–water partition coefficient (Wildman–Crippen LogP) is 2.39. The fourth-order valence-corrected chi connectivity index (χ4v) is 3.13. The van der Waals surface area contributed by atoms with Gasteiger partial charge in [0, 0.05) is 11.1 Å². The number of hydrogen-bond donors (Lipinski definition) is 0. The van der Waals surface area contributed by atoms with E-state index in [4.69, 9.17) is 14.2 Å². The second-order valence-corrected chi connectivity index (χ2v) is 6.56. The number of pyridine rings is 1. The molecule has 2 aromatic heterocycles. The second-order valence-electron chi connectivity index (χ2n) is 6.56. The lowest BCUT2D eigenvalue weighted by Crippen LogP contribution is -2.10. The standard InChI is InChI=1S/C19H15N3O5/c1-25-15-7-6-14(11-4-5-13-12(8-11)9-26-18(13)24)22-16(15)20-19(21-22)27-17(23)10-2-3-10/h4-8,10H,2-3,9H2,1H3. The number of carbonyl (C=O) groups is 2. The third kappa shape index (κ3) is 2.61. The minimum absolute atomic E-state index is 0.00248. The largest absolute Gasteiger partial charge is 0.493 e. The molecule has 2 aliphatic rings. The average Bonchev–Trinajstić information content (AvgIpc) is 3.35. The molecule has 8 nitrogen and oxygen atoms in total. The van der Waals surface area contributed by atoms with Crippen molar-refractivity contribution in [2.45, 2.75) is 19.4 Å². The molecule has 3 heterocycles. The number of benzene rings is 1. The summed E-state index contributed by atoms with van der Waals surface area (Å²) in [5, 5.41) is 4.34. The Morgan fingerprint density at radius 2 is 2.11 bits per heavy atom. The first-order valence-electron chi connectivity index (χ1n) is 8.60. The molecule has 1 fully saturated rings. The number of cyclic esters (lactones) is 1. The fraction of sp³-hybridized carbons (Fsp3) is 0.263. The number of aromatic nitrogens is 3. The minimum atomic E-state index is -0.313. The normalized spacial score (nSPS) is 15.5. The van der Waals surface area contributed by atoms with Gasteiger partial charge in [0.1, 0.15) is 6.61 Å². The van der Waals surface area contributed by atoms with Crippen molar-refractivity contribution in [2.24, 2.45) is 5.92 Å². The van der Waals surface area contributed by atoms with Crippen LogP contribution >= 0.6 is 0 Å². The first-order chi connectivity index (χ1) is 13.1. The van der Waals surface area contributed by atoms with Crippen molar-refractivity contribution in [3.05, 3.63) is 41.5 Å². The Morgan fingerprint density at radius 3 is 2.89 bits per heavy atom. The SMILES string of the molecule is COc1ccc(-c2ccc3c(c2)COC3=O)n2nc(OC(=O)C3CC3)nc12. The van der Waals surface area contributed by atoms with Gasteiger partial charge in [0.2, 0.25) is 5.65 Å². The summed E-state index contributed by atoms with van der Waals surface area (Å²) in [5.41, 5.74) is 3.41. The summed E-state index contributed by atoms with van der Waals surface area (Å²) >= 11 is 0. The Balaban J connectivity index is 1.60. The molecule has 1 aromatic carbocycles. The third-order valence-electron chi connectivity index (χ3n) is 4.73. The second kappa shape index (κ2) is 5.80. The molecule has 1 aliphatic carbocycles. The molecular weight excluding hydrogens is 350 g/mol. The minimum Gasteiger partial charge on any atom is -0.493 e. The maximum Gasteiger partial charge on any atom is 0.344 e. The molecule has 0 amide bonds. The zero-order valence-corrected chi connectivity index (χ0v) is 14.5. The third-order valence-corrected chi connectivity index (χ3v) is 4.73. The van der Waals surface area contributed by atoms with Crippen LogP contribution in [-0.4, -0.2) is 33.6 Å². The van der Waals surface area contributed by atoms with Gasteiger partial charge in [-0.25, -0.2) is 9.31 Å². The maximum absolute atomic E-state index is 11.9. The van der Waals surface area contributed by atoms with Gasteiger partial charge in [-0.3, -0.25) is 4.79 Å². The molecule has 0 radical (unpaired) electrons. The number of carbonyl (C=O) groups excluding carboxylic acids is 2. The van der Waals surface area contributed by atoms with Gasteiger partial charge in [-0.1, -0.05) is 6.07 Å². The molecule has 5 rings (SSSR count). The van der Waals surface area contributed by atoms with Crippen molar-refractivity contribution in [1.29, 1.82) is 0 Å². The summed E-state index contributed by atoms with van der Waals surface area (Å²) in [4.78, 5) is 27.9. The molecule has 136 valence electrons. The molecule has 0 saturated heterocycles. The molecular formula is C19H15N3O5. The van der Waals surface area contributed by atoms with E-state index >= 15 is 0 Å². The van der Waals surface area contributed by atoms with Crippen molar-refractivity contribution in [3.8, 4) is 23.0 Å². The van der Waals surface area contributed by atoms with Gasteiger partial charge in [-0.15, -0.1) is 5.10 Å². The van der Waals surface area contributed by atoms with E-state index in [1.165, 1.54) is 7.11 Å². The highest BCUT2D eigenvalue weighted by atomic mass is 16.6. The van der Waals surface area contributed by atoms with E-state index in [-0.39, 0.29) is 30.5 Å². The van der Waals surface area contributed by atoms with E-state index in [0.717, 1.165) is 29.7 Å². The number of methoxy groups -OCH3 is 1. The summed E-state index contributed by atoms with van der Waals surface area (Å²) in [5.74, 6) is -0.155. The zero-order valence-electron chi connectivity index (χ0n) is 14.5. The van der Waals surface area contributed by atoms with E-state index in [0.29, 0.717) is 17.0 Å². The van der Waals surface area contributed by atoms with Crippen LogP contribution in [-0.2, 0) is 16.1 Å². The number of rotatable bonds is 4. The molecule has 1 saturated carbocycles. The summed E-state index contributed by atoms with van der Waals surface area (Å²) in [6, 6.07) is 9.06. The Morgan fingerprint density at radius 1 is 1.26 bits per heavy atom. The Bertz CT molecular complexity index is 1100. The van der Waals surface area contributed by atoms with Crippen molar-refractivity contribution in [1.82, 2.24) is 14.6 Å². The molecule has 27 heavy (non-hydrogen) atoms. The van der Waals surface area contributed by atoms with Crippen molar-refractivity contribution in [3.63, 3.8) is 0 Å². The first kappa shape index (κ1) is 15.8. The maximum atomic E-state index is 11.9. The summed E-state index contributed by atoms with van der Waals surface area (Å²) in [6.07, 6.45) is 1.69. The fourth-order valence-electron chi connectivity index (χ4n) is 3.13. The predicted molar refractivity (Wildman–Crippen MR) is 92.5 cm³/mol. The lowest BCUT2D eigenvalue weighted by atomic mass is 10.0. The van der Waals surface area contributed by atoms with Crippen molar-refractivity contribution < 1.29 is 23.8 Å². The van der Waals surface area contributed by atoms with Gasteiger partial charge in [0.15, 0.2) is 5.75 Å². The quantitative estimate of drug-likeness (QED) is 0.656. The van der Waals surface area contributed by atoms with Crippen LogP contribution in [0.4, 0.5) is 0 Å². The molecule has 1 aliphatic heterocycles. The van der Waals surface area contributed by atoms with Crippen LogP contribution < -0.4 is 9.47 Å². The number of nitrogens with zero attached hydrogens (tertiary/aromatic N) is 3. The Kier molecular flexibility index (Phi) is 3.40. The Hall–Kier alpha value is -3.42. The van der Waals surface area contributed by atoms with Crippen LogP contribution in [0, 0.1) is 5.92 Å². The van der Waals surface area contributed by atoms with Crippen LogP contribution in [0.2, 0.25) is 0 Å². The molecule has 0 atom stereocenters. The smallest absolute Gasteiger partial charge is 0.344 e. The van der Waals surface area contributed by atoms with E-state index in [1.54, 1.807) is 16.6 Å². The van der Waals surface area contributed by atoms with Gasteiger partial charge in [0.05, 0.1) is 24.3 Å². The van der Waals surface area contributed by atoms with Crippen LogP contribution in [0.3, 0.4) is 0 Å². The lowest BCUT2D eigenvalue weighted by molar-refractivity contribution is -0.136. The zero-order chi connectivity index (χ0) is 18.5. The molecule has 8 heteroatoms. The molecule has 0 spiro atoms. The van der Waals surface area contributed by atoms with Crippen LogP contribution in [0.15, 0.2) is 30.3 Å². The topological polar surface area (TPSA) is 92.0 Å². The van der Waals surface area contributed by atoms with E-state index in [1.807, 2.05) is 18.2 Å². The molecule has 3 aromatic rings. The van der Waals surface area contributed by atoms with Gasteiger partial charge >= 0.3 is 17.9 Å². The average molecular weight is 365 g/mol. The monoisotopic (exact) mass is 365 g/mol. The van der Waals surface area contributed by atoms with E-state index < -0.39 is 0 Å². The summed E-state index contributed by atoms with van der Waals surface area (Å²) in [7, 11) is 1.54. The highest BCUT2D eigenvalue weighted by Gasteiger charge is 2.32. The number of esters is 2.